The number of amides is 1. The molecule has 1 unspecified atom stereocenters. The van der Waals surface area contributed by atoms with E-state index in [0.29, 0.717) is 18.2 Å². The molecule has 0 aliphatic heterocycles. The molecular weight excluding hydrogens is 260 g/mol. The number of rotatable bonds is 3. The van der Waals surface area contributed by atoms with Gasteiger partial charge in [0, 0.05) is 23.4 Å². The average Bonchev–Trinajstić information content (AvgIpc) is 2.92. The molecule has 1 heterocycles. The van der Waals surface area contributed by atoms with E-state index in [-0.39, 0.29) is 5.91 Å². The van der Waals surface area contributed by atoms with Gasteiger partial charge in [-0.3, -0.25) is 4.79 Å². The van der Waals surface area contributed by atoms with Crippen LogP contribution >= 0.6 is 0 Å². The first-order valence-corrected chi connectivity index (χ1v) is 7.25. The van der Waals surface area contributed by atoms with Crippen LogP contribution in [0.3, 0.4) is 0 Å². The van der Waals surface area contributed by atoms with Gasteiger partial charge in [-0.15, -0.1) is 0 Å². The topological polar surface area (TPSA) is 44.9 Å². The summed E-state index contributed by atoms with van der Waals surface area (Å²) in [5, 5.41) is 4.10. The Labute approximate surface area is 123 Å². The Morgan fingerprint density at radius 3 is 2.81 bits per heavy atom. The van der Waals surface area contributed by atoms with Crippen LogP contribution in [0.4, 0.5) is 0 Å². The van der Waals surface area contributed by atoms with Crippen LogP contribution in [0.25, 0.3) is 10.9 Å². The molecule has 3 nitrogen and oxygen atoms in total. The molecule has 2 N–H and O–H groups in total. The smallest absolute Gasteiger partial charge is 0.267 e. The van der Waals surface area contributed by atoms with Gasteiger partial charge in [0.25, 0.3) is 5.91 Å². The third-order valence-corrected chi connectivity index (χ3v) is 4.24. The maximum atomic E-state index is 12.2. The summed E-state index contributed by atoms with van der Waals surface area (Å²) >= 11 is 0. The van der Waals surface area contributed by atoms with Crippen molar-refractivity contribution in [2.24, 2.45) is 0 Å². The first kappa shape index (κ1) is 12.2. The number of nitrogens with one attached hydrogen (secondary N) is 2. The highest BCUT2D eigenvalue weighted by atomic mass is 16.1. The first-order valence-electron chi connectivity index (χ1n) is 7.25. The van der Waals surface area contributed by atoms with E-state index in [0.717, 1.165) is 17.3 Å². The number of hydrogen-bond acceptors (Lipinski definition) is 1. The Balaban J connectivity index is 1.45. The van der Waals surface area contributed by atoms with Gasteiger partial charge in [0.1, 0.15) is 5.69 Å². The van der Waals surface area contributed by atoms with E-state index >= 15 is 0 Å². The standard InChI is InChI=1S/C18H16N2O/c21-18(17-10-13-6-2-4-8-16(13)20-17)19-11-14-9-12-5-1-3-7-15(12)14/h1-8,10,14,20H,9,11H2,(H,19,21). The zero-order valence-electron chi connectivity index (χ0n) is 11.6. The summed E-state index contributed by atoms with van der Waals surface area (Å²) in [6, 6.07) is 18.3. The fraction of sp³-hybridized carbons (Fsp3) is 0.167. The zero-order chi connectivity index (χ0) is 14.2. The quantitative estimate of drug-likeness (QED) is 0.758. The zero-order valence-corrected chi connectivity index (χ0v) is 11.6. The maximum Gasteiger partial charge on any atom is 0.267 e. The van der Waals surface area contributed by atoms with Crippen molar-refractivity contribution >= 4 is 16.8 Å². The number of hydrogen-bond donors (Lipinski definition) is 2. The molecule has 3 aromatic rings. The van der Waals surface area contributed by atoms with Gasteiger partial charge in [-0.25, -0.2) is 0 Å². The van der Waals surface area contributed by atoms with Crippen molar-refractivity contribution < 1.29 is 4.79 Å². The van der Waals surface area contributed by atoms with Crippen LogP contribution in [0.1, 0.15) is 27.5 Å². The van der Waals surface area contributed by atoms with Crippen LogP contribution in [-0.2, 0) is 6.42 Å². The Morgan fingerprint density at radius 2 is 1.95 bits per heavy atom. The van der Waals surface area contributed by atoms with Crippen molar-refractivity contribution in [3.05, 3.63) is 71.4 Å². The molecule has 0 saturated carbocycles. The minimum Gasteiger partial charge on any atom is -0.351 e. The number of carbonyl (C=O) groups is 1. The second kappa shape index (κ2) is 4.77. The van der Waals surface area contributed by atoms with Gasteiger partial charge < -0.3 is 10.3 Å². The normalized spacial score (nSPS) is 16.3. The molecule has 1 amide bonds. The van der Waals surface area contributed by atoms with Crippen molar-refractivity contribution in [3.8, 4) is 0 Å². The van der Waals surface area contributed by atoms with Crippen LogP contribution in [0.15, 0.2) is 54.6 Å². The third kappa shape index (κ3) is 2.11. The van der Waals surface area contributed by atoms with Crippen molar-refractivity contribution in [3.63, 3.8) is 0 Å². The minimum atomic E-state index is -0.0319. The lowest BCUT2D eigenvalue weighted by atomic mass is 9.77. The lowest BCUT2D eigenvalue weighted by Gasteiger charge is -2.30. The van der Waals surface area contributed by atoms with E-state index in [9.17, 15) is 4.79 Å². The maximum absolute atomic E-state index is 12.2. The lowest BCUT2D eigenvalue weighted by molar-refractivity contribution is 0.0946. The first-order chi connectivity index (χ1) is 10.3. The van der Waals surface area contributed by atoms with Crippen molar-refractivity contribution in [2.45, 2.75) is 12.3 Å². The van der Waals surface area contributed by atoms with Crippen LogP contribution in [-0.4, -0.2) is 17.4 Å². The molecule has 0 spiro atoms. The average molecular weight is 276 g/mol. The van der Waals surface area contributed by atoms with Crippen molar-refractivity contribution in [1.82, 2.24) is 10.3 Å². The van der Waals surface area contributed by atoms with E-state index in [1.54, 1.807) is 0 Å². The van der Waals surface area contributed by atoms with Gasteiger partial charge in [-0.2, -0.15) is 0 Å². The van der Waals surface area contributed by atoms with Crippen LogP contribution in [0, 0.1) is 0 Å². The molecule has 0 fully saturated rings. The van der Waals surface area contributed by atoms with Crippen LogP contribution in [0.5, 0.6) is 0 Å². The van der Waals surface area contributed by atoms with E-state index in [2.05, 4.69) is 34.6 Å². The van der Waals surface area contributed by atoms with Gasteiger partial charge >= 0.3 is 0 Å². The molecule has 1 atom stereocenters. The van der Waals surface area contributed by atoms with E-state index in [1.165, 1.54) is 11.1 Å². The number of aromatic amines is 1. The fourth-order valence-corrected chi connectivity index (χ4v) is 3.05. The molecule has 0 radical (unpaired) electrons. The summed E-state index contributed by atoms with van der Waals surface area (Å²) < 4.78 is 0. The summed E-state index contributed by atoms with van der Waals surface area (Å²) in [6.45, 7) is 0.700. The number of aromatic nitrogens is 1. The molecule has 0 bridgehead atoms. The fourth-order valence-electron chi connectivity index (χ4n) is 3.05. The number of carbonyl (C=O) groups excluding carboxylic acids is 1. The highest BCUT2D eigenvalue weighted by molar-refractivity contribution is 5.98. The third-order valence-electron chi connectivity index (χ3n) is 4.24. The highest BCUT2D eigenvalue weighted by Gasteiger charge is 2.25. The predicted octanol–water partition coefficient (Wildman–Crippen LogP) is 3.24. The summed E-state index contributed by atoms with van der Waals surface area (Å²) in [5.74, 6) is 0.421. The molecule has 2 aromatic carbocycles. The van der Waals surface area contributed by atoms with Gasteiger partial charge in [0.15, 0.2) is 0 Å². The number of para-hydroxylation sites is 1. The molecule has 3 heteroatoms. The molecule has 104 valence electrons. The lowest BCUT2D eigenvalue weighted by Crippen LogP contribution is -2.33. The number of benzene rings is 2. The van der Waals surface area contributed by atoms with Gasteiger partial charge in [0.2, 0.25) is 0 Å². The van der Waals surface area contributed by atoms with Crippen LogP contribution < -0.4 is 5.32 Å². The van der Waals surface area contributed by atoms with Crippen molar-refractivity contribution in [1.29, 1.82) is 0 Å². The largest absolute Gasteiger partial charge is 0.351 e. The molecule has 1 aliphatic rings. The minimum absolute atomic E-state index is 0.0319. The predicted molar refractivity (Wildman–Crippen MR) is 83.5 cm³/mol. The number of H-pyrrole nitrogens is 1. The summed E-state index contributed by atoms with van der Waals surface area (Å²) in [6.07, 6.45) is 1.06. The van der Waals surface area contributed by atoms with Gasteiger partial charge in [0.05, 0.1) is 0 Å². The highest BCUT2D eigenvalue weighted by Crippen LogP contribution is 2.34. The van der Waals surface area contributed by atoms with Crippen molar-refractivity contribution in [2.75, 3.05) is 6.54 Å². The van der Waals surface area contributed by atoms with E-state index in [1.807, 2.05) is 30.3 Å². The molecule has 0 saturated heterocycles. The van der Waals surface area contributed by atoms with Crippen LogP contribution in [0.2, 0.25) is 0 Å². The van der Waals surface area contributed by atoms with E-state index < -0.39 is 0 Å². The van der Waals surface area contributed by atoms with Gasteiger partial charge in [-0.1, -0.05) is 42.5 Å². The molecule has 1 aromatic heterocycles. The number of fused-ring (bicyclic) bond motifs is 2. The van der Waals surface area contributed by atoms with E-state index in [4.69, 9.17) is 0 Å². The Morgan fingerprint density at radius 1 is 1.14 bits per heavy atom. The SMILES string of the molecule is O=C(NCC1Cc2ccccc21)c1cc2ccccc2[nH]1. The second-order valence-corrected chi connectivity index (χ2v) is 5.58. The summed E-state index contributed by atoms with van der Waals surface area (Å²) in [4.78, 5) is 15.4. The Kier molecular flexibility index (Phi) is 2.78. The summed E-state index contributed by atoms with van der Waals surface area (Å²) in [5.41, 5.74) is 4.40. The van der Waals surface area contributed by atoms with Gasteiger partial charge in [-0.05, 0) is 29.7 Å². The molecule has 1 aliphatic carbocycles. The molecule has 4 rings (SSSR count). The molecular formula is C18H16N2O. The molecule has 21 heavy (non-hydrogen) atoms. The Hall–Kier alpha value is -2.55. The Bertz CT molecular complexity index is 786. The summed E-state index contributed by atoms with van der Waals surface area (Å²) in [7, 11) is 0. The second-order valence-electron chi connectivity index (χ2n) is 5.58. The monoisotopic (exact) mass is 276 g/mol.